The number of carbonyl (C=O) groups is 1. The van der Waals surface area contributed by atoms with Gasteiger partial charge in [-0.1, -0.05) is 0 Å². The van der Waals surface area contributed by atoms with Crippen LogP contribution in [0.15, 0.2) is 12.4 Å². The molecule has 0 spiro atoms. The number of ether oxygens (including phenoxy) is 1. The highest BCUT2D eigenvalue weighted by Gasteiger charge is 2.24. The van der Waals surface area contributed by atoms with Crippen LogP contribution in [0.1, 0.15) is 10.6 Å². The third-order valence-corrected chi connectivity index (χ3v) is 2.28. The van der Waals surface area contributed by atoms with Crippen molar-refractivity contribution in [2.45, 2.75) is 6.04 Å². The number of Topliss-reactive ketones (excluding diaryl/α,β-unsaturated/α-hetero) is 1. The zero-order valence-corrected chi connectivity index (χ0v) is 8.06. The second kappa shape index (κ2) is 3.89. The molecule has 5 nitrogen and oxygen atoms in total. The average Bonchev–Trinajstić information content (AvgIpc) is 2.65. The van der Waals surface area contributed by atoms with Gasteiger partial charge >= 0.3 is 0 Å². The Morgan fingerprint density at radius 1 is 1.79 bits per heavy atom. The molecule has 76 valence electrons. The van der Waals surface area contributed by atoms with Gasteiger partial charge in [-0.15, -0.1) is 0 Å². The maximum Gasteiger partial charge on any atom is 0.217 e. The van der Waals surface area contributed by atoms with E-state index in [1.54, 1.807) is 17.0 Å². The van der Waals surface area contributed by atoms with E-state index in [0.717, 1.165) is 6.54 Å². The normalized spacial score (nSPS) is 22.2. The minimum Gasteiger partial charge on any atom is -0.378 e. The van der Waals surface area contributed by atoms with Crippen molar-refractivity contribution < 1.29 is 9.53 Å². The minimum absolute atomic E-state index is 0.00259. The monoisotopic (exact) mass is 195 g/mol. The zero-order valence-electron chi connectivity index (χ0n) is 8.06. The van der Waals surface area contributed by atoms with E-state index in [0.29, 0.717) is 19.0 Å². The van der Waals surface area contributed by atoms with Crippen LogP contribution in [-0.4, -0.2) is 41.1 Å². The molecular formula is C9H13N3O2. The van der Waals surface area contributed by atoms with Gasteiger partial charge in [0.1, 0.15) is 0 Å². The van der Waals surface area contributed by atoms with Crippen molar-refractivity contribution in [3.63, 3.8) is 0 Å². The van der Waals surface area contributed by atoms with Crippen molar-refractivity contribution in [2.75, 3.05) is 19.8 Å². The molecule has 14 heavy (non-hydrogen) atoms. The number of carbonyl (C=O) groups excluding carboxylic acids is 1. The summed E-state index contributed by atoms with van der Waals surface area (Å²) in [6.07, 6.45) is 3.38. The summed E-state index contributed by atoms with van der Waals surface area (Å²) in [4.78, 5) is 15.9. The maximum absolute atomic E-state index is 11.9. The molecule has 2 rings (SSSR count). The fraction of sp³-hybridized carbons (Fsp3) is 0.556. The van der Waals surface area contributed by atoms with Crippen molar-refractivity contribution in [2.24, 2.45) is 7.05 Å². The number of aryl methyl sites for hydroxylation is 1. The van der Waals surface area contributed by atoms with E-state index in [2.05, 4.69) is 10.3 Å². The molecule has 1 aromatic heterocycles. The van der Waals surface area contributed by atoms with Gasteiger partial charge in [0.15, 0.2) is 5.82 Å². The van der Waals surface area contributed by atoms with Crippen molar-refractivity contribution >= 4 is 5.78 Å². The number of morpholine rings is 1. The number of hydrogen-bond donors (Lipinski definition) is 1. The molecule has 1 aliphatic rings. The second-order valence-corrected chi connectivity index (χ2v) is 3.31. The quantitative estimate of drug-likeness (QED) is 0.652. The number of hydrogen-bond acceptors (Lipinski definition) is 4. The van der Waals surface area contributed by atoms with Crippen LogP contribution in [0.25, 0.3) is 0 Å². The molecule has 0 aliphatic carbocycles. The van der Waals surface area contributed by atoms with Gasteiger partial charge in [-0.3, -0.25) is 4.79 Å². The average molecular weight is 195 g/mol. The largest absolute Gasteiger partial charge is 0.378 e. The third kappa shape index (κ3) is 1.69. The molecule has 0 amide bonds. The summed E-state index contributed by atoms with van der Waals surface area (Å²) < 4.78 is 6.94. The molecule has 2 heterocycles. The molecular weight excluding hydrogens is 182 g/mol. The van der Waals surface area contributed by atoms with Gasteiger partial charge < -0.3 is 14.6 Å². The lowest BCUT2D eigenvalue weighted by molar-refractivity contribution is 0.0598. The molecule has 5 heteroatoms. The summed E-state index contributed by atoms with van der Waals surface area (Å²) in [7, 11) is 1.81. The first-order chi connectivity index (χ1) is 6.79. The van der Waals surface area contributed by atoms with Gasteiger partial charge in [0.05, 0.1) is 19.3 Å². The van der Waals surface area contributed by atoms with Gasteiger partial charge in [-0.05, 0) is 0 Å². The van der Waals surface area contributed by atoms with Gasteiger partial charge in [0, 0.05) is 26.0 Å². The van der Waals surface area contributed by atoms with Crippen molar-refractivity contribution in [3.05, 3.63) is 18.2 Å². The maximum atomic E-state index is 11.9. The Hall–Kier alpha value is -1.20. The van der Waals surface area contributed by atoms with Gasteiger partial charge in [-0.25, -0.2) is 4.98 Å². The number of imidazole rings is 1. The van der Waals surface area contributed by atoms with Gasteiger partial charge in [-0.2, -0.15) is 0 Å². The number of nitrogens with zero attached hydrogens (tertiary/aromatic N) is 2. The predicted molar refractivity (Wildman–Crippen MR) is 50.1 cm³/mol. The molecule has 0 bridgehead atoms. The molecule has 1 fully saturated rings. The van der Waals surface area contributed by atoms with E-state index >= 15 is 0 Å². The van der Waals surface area contributed by atoms with Crippen molar-refractivity contribution in [1.29, 1.82) is 0 Å². The molecule has 0 radical (unpaired) electrons. The van der Waals surface area contributed by atoms with Crippen LogP contribution in [0.2, 0.25) is 0 Å². The number of nitrogens with one attached hydrogen (secondary N) is 1. The lowest BCUT2D eigenvalue weighted by Gasteiger charge is -2.22. The summed E-state index contributed by atoms with van der Waals surface area (Å²) in [6, 6.07) is -0.246. The Balaban J connectivity index is 2.11. The first kappa shape index (κ1) is 9.36. The standard InChI is InChI=1S/C9H13N3O2/c1-12-4-2-11-9(12)8(13)7-6-14-5-3-10-7/h2,4,7,10H,3,5-6H2,1H3. The molecule has 1 saturated heterocycles. The van der Waals surface area contributed by atoms with Gasteiger partial charge in [0.25, 0.3) is 0 Å². The number of aromatic nitrogens is 2. The summed E-state index contributed by atoms with van der Waals surface area (Å²) in [5, 5.41) is 3.11. The topological polar surface area (TPSA) is 56.2 Å². The SMILES string of the molecule is Cn1ccnc1C(=O)C1COCCN1. The second-order valence-electron chi connectivity index (χ2n) is 3.31. The molecule has 1 aliphatic heterocycles. The van der Waals surface area contributed by atoms with E-state index in [1.807, 2.05) is 7.05 Å². The number of rotatable bonds is 2. The molecule has 1 aromatic rings. The third-order valence-electron chi connectivity index (χ3n) is 2.28. The molecule has 1 unspecified atom stereocenters. The predicted octanol–water partition coefficient (Wildman–Crippen LogP) is -0.409. The van der Waals surface area contributed by atoms with E-state index in [-0.39, 0.29) is 11.8 Å². The van der Waals surface area contributed by atoms with E-state index in [4.69, 9.17) is 4.74 Å². The van der Waals surface area contributed by atoms with Crippen LogP contribution in [0.3, 0.4) is 0 Å². The first-order valence-corrected chi connectivity index (χ1v) is 4.61. The lowest BCUT2D eigenvalue weighted by Crippen LogP contribution is -2.47. The fourth-order valence-electron chi connectivity index (χ4n) is 1.49. The lowest BCUT2D eigenvalue weighted by atomic mass is 10.1. The van der Waals surface area contributed by atoms with Crippen molar-refractivity contribution in [1.82, 2.24) is 14.9 Å². The Morgan fingerprint density at radius 3 is 3.21 bits per heavy atom. The first-order valence-electron chi connectivity index (χ1n) is 4.61. The summed E-state index contributed by atoms with van der Waals surface area (Å²) in [6.45, 7) is 1.83. The summed E-state index contributed by atoms with van der Waals surface area (Å²) in [5.41, 5.74) is 0. The van der Waals surface area contributed by atoms with Crippen LogP contribution in [0.5, 0.6) is 0 Å². The van der Waals surface area contributed by atoms with E-state index in [1.165, 1.54) is 0 Å². The smallest absolute Gasteiger partial charge is 0.217 e. The molecule has 0 aromatic carbocycles. The van der Waals surface area contributed by atoms with Crippen LogP contribution in [0.4, 0.5) is 0 Å². The summed E-state index contributed by atoms with van der Waals surface area (Å²) in [5.74, 6) is 0.477. The summed E-state index contributed by atoms with van der Waals surface area (Å²) >= 11 is 0. The Kier molecular flexibility index (Phi) is 2.60. The Morgan fingerprint density at radius 2 is 2.64 bits per heavy atom. The highest BCUT2D eigenvalue weighted by molar-refractivity contribution is 5.97. The molecule has 1 atom stereocenters. The highest BCUT2D eigenvalue weighted by atomic mass is 16.5. The Bertz CT molecular complexity index is 329. The van der Waals surface area contributed by atoms with Gasteiger partial charge in [0.2, 0.25) is 5.78 Å². The van der Waals surface area contributed by atoms with Crippen LogP contribution in [0, 0.1) is 0 Å². The van der Waals surface area contributed by atoms with Crippen LogP contribution >= 0.6 is 0 Å². The Labute approximate surface area is 82.1 Å². The van der Waals surface area contributed by atoms with Crippen LogP contribution < -0.4 is 5.32 Å². The number of ketones is 1. The molecule has 0 saturated carbocycles. The fourth-order valence-corrected chi connectivity index (χ4v) is 1.49. The molecule has 1 N–H and O–H groups in total. The zero-order chi connectivity index (χ0) is 9.97. The van der Waals surface area contributed by atoms with E-state index in [9.17, 15) is 4.79 Å². The van der Waals surface area contributed by atoms with E-state index < -0.39 is 0 Å². The highest BCUT2D eigenvalue weighted by Crippen LogP contribution is 2.03. The van der Waals surface area contributed by atoms with Crippen molar-refractivity contribution in [3.8, 4) is 0 Å². The minimum atomic E-state index is -0.246. The van der Waals surface area contributed by atoms with Crippen LogP contribution in [-0.2, 0) is 11.8 Å².